The van der Waals surface area contributed by atoms with Crippen molar-refractivity contribution in [2.24, 2.45) is 5.92 Å². The predicted octanol–water partition coefficient (Wildman–Crippen LogP) is 8.60. The maximum atomic E-state index is 15.0. The predicted molar refractivity (Wildman–Crippen MR) is 132 cm³/mol. The molecule has 0 radical (unpaired) electrons. The van der Waals surface area contributed by atoms with Crippen LogP contribution in [0, 0.1) is 30.3 Å². The summed E-state index contributed by atoms with van der Waals surface area (Å²) in [5, 5.41) is 0. The Morgan fingerprint density at radius 2 is 1.62 bits per heavy atom. The maximum Gasteiger partial charge on any atom is 0.166 e. The summed E-state index contributed by atoms with van der Waals surface area (Å²) in [6, 6.07) is 16.1. The number of aryl methyl sites for hydroxylation is 1. The highest BCUT2D eigenvalue weighted by Crippen LogP contribution is 2.39. The number of benzene rings is 3. The molecule has 0 amide bonds. The molecule has 1 aliphatic carbocycles. The maximum absolute atomic E-state index is 15.0. The first-order chi connectivity index (χ1) is 16.5. The molecule has 0 aromatic heterocycles. The van der Waals surface area contributed by atoms with E-state index in [1.54, 1.807) is 18.2 Å². The highest BCUT2D eigenvalue weighted by Gasteiger charge is 2.25. The zero-order chi connectivity index (χ0) is 24.1. The highest BCUT2D eigenvalue weighted by atomic mass is 19.2. The van der Waals surface area contributed by atoms with Crippen molar-refractivity contribution in [3.63, 3.8) is 0 Å². The molecule has 3 aromatic rings. The van der Waals surface area contributed by atoms with Gasteiger partial charge >= 0.3 is 0 Å². The van der Waals surface area contributed by atoms with E-state index in [4.69, 9.17) is 4.74 Å². The van der Waals surface area contributed by atoms with Gasteiger partial charge in [0.1, 0.15) is 5.82 Å². The molecule has 0 N–H and O–H groups in total. The molecule has 0 aliphatic heterocycles. The van der Waals surface area contributed by atoms with E-state index in [1.807, 2.05) is 50.3 Å². The molecule has 0 spiro atoms. The second-order valence-corrected chi connectivity index (χ2v) is 9.16. The molecule has 0 bridgehead atoms. The van der Waals surface area contributed by atoms with Crippen LogP contribution in [0.5, 0.6) is 0 Å². The quantitative estimate of drug-likeness (QED) is 0.340. The van der Waals surface area contributed by atoms with Crippen molar-refractivity contribution in [2.75, 3.05) is 6.61 Å². The minimum atomic E-state index is -0.766. The zero-order valence-corrected chi connectivity index (χ0v) is 19.8. The van der Waals surface area contributed by atoms with Crippen LogP contribution >= 0.6 is 0 Å². The minimum Gasteiger partial charge on any atom is -0.377 e. The second kappa shape index (κ2) is 11.1. The van der Waals surface area contributed by atoms with Crippen LogP contribution in [0.4, 0.5) is 13.2 Å². The summed E-state index contributed by atoms with van der Waals surface area (Å²) in [4.78, 5) is 0. The van der Waals surface area contributed by atoms with Gasteiger partial charge in [-0.2, -0.15) is 0 Å². The number of hydrogen-bond donors (Lipinski definition) is 0. The lowest BCUT2D eigenvalue weighted by molar-refractivity contribution is 0.131. The van der Waals surface area contributed by atoms with Gasteiger partial charge in [0.15, 0.2) is 11.6 Å². The molecule has 1 aliphatic rings. The third-order valence-corrected chi connectivity index (χ3v) is 6.79. The van der Waals surface area contributed by atoms with Crippen LogP contribution in [0.2, 0.25) is 0 Å². The molecule has 0 saturated heterocycles. The van der Waals surface area contributed by atoms with Crippen molar-refractivity contribution in [3.05, 3.63) is 100 Å². The molecule has 1 fully saturated rings. The van der Waals surface area contributed by atoms with Gasteiger partial charge in [0.25, 0.3) is 0 Å². The standard InChI is InChI=1S/C30H31F3O/c1-3-34-19-25-15-10-22(18-28(25)31)7-6-21-8-13-24(14-9-21)27-17-16-26(29(32)30(27)33)23-11-4-20(2)5-12-23/h4-7,10-12,15-18,21,24H,3,8-9,13-14,19H2,1-2H3/b7-6+. The second-order valence-electron chi connectivity index (χ2n) is 9.16. The summed E-state index contributed by atoms with van der Waals surface area (Å²) < 4.78 is 49.4. The fourth-order valence-corrected chi connectivity index (χ4v) is 4.70. The smallest absolute Gasteiger partial charge is 0.166 e. The van der Waals surface area contributed by atoms with Crippen molar-refractivity contribution in [1.82, 2.24) is 0 Å². The average molecular weight is 465 g/mol. The van der Waals surface area contributed by atoms with E-state index >= 15 is 0 Å². The van der Waals surface area contributed by atoms with E-state index in [-0.39, 0.29) is 18.3 Å². The van der Waals surface area contributed by atoms with Crippen molar-refractivity contribution in [3.8, 4) is 11.1 Å². The van der Waals surface area contributed by atoms with Gasteiger partial charge in [-0.15, -0.1) is 0 Å². The molecule has 3 aromatic carbocycles. The first-order valence-corrected chi connectivity index (χ1v) is 12.1. The lowest BCUT2D eigenvalue weighted by atomic mass is 9.78. The van der Waals surface area contributed by atoms with Gasteiger partial charge in [0.05, 0.1) is 6.61 Å². The number of rotatable bonds is 7. The number of hydrogen-bond acceptors (Lipinski definition) is 1. The van der Waals surface area contributed by atoms with E-state index in [9.17, 15) is 13.2 Å². The largest absolute Gasteiger partial charge is 0.377 e. The summed E-state index contributed by atoms with van der Waals surface area (Å²) in [7, 11) is 0. The van der Waals surface area contributed by atoms with Crippen LogP contribution in [0.15, 0.2) is 60.7 Å². The SMILES string of the molecule is CCOCc1ccc(/C=C/C2CCC(c3ccc(-c4ccc(C)cc4)c(F)c3F)CC2)cc1F. The van der Waals surface area contributed by atoms with E-state index in [0.717, 1.165) is 36.8 Å². The Kier molecular flexibility index (Phi) is 7.89. The third kappa shape index (κ3) is 5.61. The topological polar surface area (TPSA) is 9.23 Å². The van der Waals surface area contributed by atoms with E-state index in [0.29, 0.717) is 34.8 Å². The molecule has 178 valence electrons. The van der Waals surface area contributed by atoms with Crippen molar-refractivity contribution in [1.29, 1.82) is 0 Å². The number of allylic oxidation sites excluding steroid dienone is 1. The molecule has 0 atom stereocenters. The summed E-state index contributed by atoms with van der Waals surface area (Å²) in [5.74, 6) is -1.38. The lowest BCUT2D eigenvalue weighted by Gasteiger charge is -2.27. The molecule has 0 heterocycles. The Balaban J connectivity index is 1.38. The number of ether oxygens (including phenoxy) is 1. The first-order valence-electron chi connectivity index (χ1n) is 12.1. The van der Waals surface area contributed by atoms with Crippen LogP contribution in [0.1, 0.15) is 60.8 Å². The molecule has 34 heavy (non-hydrogen) atoms. The first kappa shape index (κ1) is 24.3. The Labute approximate surface area is 200 Å². The molecule has 1 saturated carbocycles. The number of halogens is 3. The Morgan fingerprint density at radius 3 is 2.29 bits per heavy atom. The van der Waals surface area contributed by atoms with Gasteiger partial charge in [-0.1, -0.05) is 66.2 Å². The summed E-state index contributed by atoms with van der Waals surface area (Å²) in [5.41, 5.74) is 3.92. The fourth-order valence-electron chi connectivity index (χ4n) is 4.70. The van der Waals surface area contributed by atoms with Crippen molar-refractivity contribution in [2.45, 2.75) is 52.1 Å². The molecule has 0 unspecified atom stereocenters. The van der Waals surface area contributed by atoms with Gasteiger partial charge in [0.2, 0.25) is 0 Å². The van der Waals surface area contributed by atoms with E-state index in [2.05, 4.69) is 6.08 Å². The third-order valence-electron chi connectivity index (χ3n) is 6.79. The van der Waals surface area contributed by atoms with Crippen molar-refractivity contribution >= 4 is 6.08 Å². The monoisotopic (exact) mass is 464 g/mol. The summed E-state index contributed by atoms with van der Waals surface area (Å²) in [6.45, 7) is 4.68. The van der Waals surface area contributed by atoms with Crippen molar-refractivity contribution < 1.29 is 17.9 Å². The zero-order valence-electron chi connectivity index (χ0n) is 19.8. The van der Waals surface area contributed by atoms with Crippen LogP contribution in [-0.4, -0.2) is 6.61 Å². The molecule has 4 rings (SSSR count). The molecule has 4 heteroatoms. The summed E-state index contributed by atoms with van der Waals surface area (Å²) >= 11 is 0. The van der Waals surface area contributed by atoms with Gasteiger partial charge in [-0.3, -0.25) is 0 Å². The highest BCUT2D eigenvalue weighted by molar-refractivity contribution is 5.65. The van der Waals surface area contributed by atoms with Gasteiger partial charge < -0.3 is 4.74 Å². The van der Waals surface area contributed by atoms with Crippen LogP contribution < -0.4 is 0 Å². The van der Waals surface area contributed by atoms with Crippen LogP contribution in [0.25, 0.3) is 17.2 Å². The molecular formula is C30H31F3O. The minimum absolute atomic E-state index is 0.0153. The molecular weight excluding hydrogens is 433 g/mol. The Hall–Kier alpha value is -2.85. The van der Waals surface area contributed by atoms with E-state index < -0.39 is 11.6 Å². The fraction of sp³-hybridized carbons (Fsp3) is 0.333. The van der Waals surface area contributed by atoms with Gasteiger partial charge in [-0.25, -0.2) is 13.2 Å². The lowest BCUT2D eigenvalue weighted by Crippen LogP contribution is -2.13. The van der Waals surface area contributed by atoms with Crippen LogP contribution in [-0.2, 0) is 11.3 Å². The van der Waals surface area contributed by atoms with E-state index in [1.165, 1.54) is 6.07 Å². The van der Waals surface area contributed by atoms with Gasteiger partial charge in [0, 0.05) is 17.7 Å². The molecule has 1 nitrogen and oxygen atoms in total. The summed E-state index contributed by atoms with van der Waals surface area (Å²) in [6.07, 6.45) is 7.47. The Morgan fingerprint density at radius 1 is 0.882 bits per heavy atom. The normalized spacial score (nSPS) is 18.5. The average Bonchev–Trinajstić information content (AvgIpc) is 2.85. The van der Waals surface area contributed by atoms with Crippen LogP contribution in [0.3, 0.4) is 0 Å². The van der Waals surface area contributed by atoms with Gasteiger partial charge in [-0.05, 0) is 74.1 Å². The Bertz CT molecular complexity index is 1140.